The normalized spacial score (nSPS) is 16.1. The van der Waals surface area contributed by atoms with Crippen LogP contribution < -0.4 is 5.32 Å². The van der Waals surface area contributed by atoms with Gasteiger partial charge in [-0.25, -0.2) is 8.42 Å². The summed E-state index contributed by atoms with van der Waals surface area (Å²) in [5.74, 6) is 0. The Balaban J connectivity index is 2.12. The molecule has 0 spiro atoms. The third-order valence-electron chi connectivity index (χ3n) is 3.52. The molecule has 0 saturated carbocycles. The number of piperazine rings is 1. The zero-order chi connectivity index (χ0) is 17.0. The van der Waals surface area contributed by atoms with Crippen LogP contribution in [-0.4, -0.2) is 60.4 Å². The molecule has 10 heteroatoms. The number of non-ortho nitro benzene ring substituents is 1. The van der Waals surface area contributed by atoms with Crippen molar-refractivity contribution in [3.05, 3.63) is 34.4 Å². The Bertz CT molecular complexity index is 700. The number of hydrogen-bond acceptors (Lipinski definition) is 5. The highest BCUT2D eigenvalue weighted by Gasteiger charge is 2.30. The molecule has 0 atom stereocenters. The summed E-state index contributed by atoms with van der Waals surface area (Å²) in [5, 5.41) is 14.5. The van der Waals surface area contributed by atoms with Gasteiger partial charge < -0.3 is 10.2 Å². The van der Waals surface area contributed by atoms with Crippen molar-refractivity contribution in [2.24, 2.45) is 0 Å². The van der Waals surface area contributed by atoms with Crippen LogP contribution in [0.4, 0.5) is 5.69 Å². The number of rotatable bonds is 4. The maximum atomic E-state index is 12.6. The number of thiocarbonyl (C=S) groups is 1. The van der Waals surface area contributed by atoms with E-state index in [4.69, 9.17) is 12.2 Å². The van der Waals surface area contributed by atoms with Crippen LogP contribution in [0.25, 0.3) is 0 Å². The number of nitrogens with one attached hydrogen (secondary N) is 1. The Hall–Kier alpha value is -1.78. The van der Waals surface area contributed by atoms with Gasteiger partial charge in [-0.1, -0.05) is 6.07 Å². The smallest absolute Gasteiger partial charge is 0.270 e. The van der Waals surface area contributed by atoms with Crippen molar-refractivity contribution in [3.63, 3.8) is 0 Å². The van der Waals surface area contributed by atoms with Crippen molar-refractivity contribution in [2.45, 2.75) is 11.8 Å². The number of benzene rings is 1. The zero-order valence-corrected chi connectivity index (χ0v) is 14.3. The lowest BCUT2D eigenvalue weighted by Gasteiger charge is -2.35. The van der Waals surface area contributed by atoms with Gasteiger partial charge in [-0.05, 0) is 25.2 Å². The van der Waals surface area contributed by atoms with E-state index < -0.39 is 14.9 Å². The van der Waals surface area contributed by atoms with Gasteiger partial charge in [0.1, 0.15) is 0 Å². The van der Waals surface area contributed by atoms with Crippen LogP contribution in [0.2, 0.25) is 0 Å². The predicted molar refractivity (Wildman–Crippen MR) is 89.7 cm³/mol. The summed E-state index contributed by atoms with van der Waals surface area (Å²) in [7, 11) is -3.74. The Labute approximate surface area is 140 Å². The molecule has 0 radical (unpaired) electrons. The average Bonchev–Trinajstić information content (AvgIpc) is 2.55. The third-order valence-corrected chi connectivity index (χ3v) is 5.82. The average molecular weight is 358 g/mol. The summed E-state index contributed by atoms with van der Waals surface area (Å²) in [6.45, 7) is 4.20. The number of sulfonamides is 1. The summed E-state index contributed by atoms with van der Waals surface area (Å²) in [4.78, 5) is 12.1. The fourth-order valence-electron chi connectivity index (χ4n) is 2.30. The Morgan fingerprint density at radius 1 is 1.35 bits per heavy atom. The molecule has 1 aliphatic rings. The lowest BCUT2D eigenvalue weighted by atomic mass is 10.3. The van der Waals surface area contributed by atoms with Gasteiger partial charge in [0, 0.05) is 44.9 Å². The van der Waals surface area contributed by atoms with Crippen LogP contribution >= 0.6 is 12.2 Å². The Morgan fingerprint density at radius 3 is 2.57 bits per heavy atom. The predicted octanol–water partition coefficient (Wildman–Crippen LogP) is 0.796. The summed E-state index contributed by atoms with van der Waals surface area (Å²) < 4.78 is 26.5. The molecule has 1 heterocycles. The van der Waals surface area contributed by atoms with Gasteiger partial charge in [-0.3, -0.25) is 10.1 Å². The lowest BCUT2D eigenvalue weighted by molar-refractivity contribution is -0.385. The van der Waals surface area contributed by atoms with E-state index in [1.54, 1.807) is 0 Å². The molecule has 1 aromatic carbocycles. The van der Waals surface area contributed by atoms with Crippen molar-refractivity contribution in [2.75, 3.05) is 32.7 Å². The second-order valence-electron chi connectivity index (χ2n) is 4.98. The van der Waals surface area contributed by atoms with Crippen LogP contribution in [-0.2, 0) is 10.0 Å². The third kappa shape index (κ3) is 3.95. The van der Waals surface area contributed by atoms with E-state index in [2.05, 4.69) is 5.32 Å². The molecule has 1 N–H and O–H groups in total. The second-order valence-corrected chi connectivity index (χ2v) is 7.31. The second kappa shape index (κ2) is 7.20. The number of nitro groups is 1. The summed E-state index contributed by atoms with van der Waals surface area (Å²) in [6.07, 6.45) is 0. The van der Waals surface area contributed by atoms with Gasteiger partial charge in [-0.2, -0.15) is 4.31 Å². The minimum absolute atomic E-state index is 0.0607. The molecular formula is C13H18N4O4S2. The van der Waals surface area contributed by atoms with Crippen LogP contribution in [0.3, 0.4) is 0 Å². The van der Waals surface area contributed by atoms with E-state index in [0.29, 0.717) is 24.7 Å². The molecule has 1 aliphatic heterocycles. The van der Waals surface area contributed by atoms with Crippen LogP contribution in [0, 0.1) is 10.1 Å². The van der Waals surface area contributed by atoms with Gasteiger partial charge in [-0.15, -0.1) is 0 Å². The van der Waals surface area contributed by atoms with Gasteiger partial charge in [0.2, 0.25) is 10.0 Å². The quantitative estimate of drug-likeness (QED) is 0.483. The molecule has 126 valence electrons. The molecular weight excluding hydrogens is 340 g/mol. The van der Waals surface area contributed by atoms with Gasteiger partial charge >= 0.3 is 0 Å². The number of nitro benzene ring substituents is 1. The van der Waals surface area contributed by atoms with Gasteiger partial charge in [0.25, 0.3) is 5.69 Å². The zero-order valence-electron chi connectivity index (χ0n) is 12.6. The minimum Gasteiger partial charge on any atom is -0.363 e. The topological polar surface area (TPSA) is 95.8 Å². The molecule has 23 heavy (non-hydrogen) atoms. The maximum Gasteiger partial charge on any atom is 0.270 e. The molecule has 1 saturated heterocycles. The Morgan fingerprint density at radius 2 is 2.00 bits per heavy atom. The minimum atomic E-state index is -3.74. The molecule has 1 aromatic rings. The van der Waals surface area contributed by atoms with Crippen molar-refractivity contribution in [1.82, 2.24) is 14.5 Å². The fourth-order valence-corrected chi connectivity index (χ4v) is 4.09. The first kappa shape index (κ1) is 17.6. The highest BCUT2D eigenvalue weighted by Crippen LogP contribution is 2.22. The molecule has 0 aromatic heterocycles. The Kier molecular flexibility index (Phi) is 5.50. The van der Waals surface area contributed by atoms with Crippen LogP contribution in [0.5, 0.6) is 0 Å². The fraction of sp³-hybridized carbons (Fsp3) is 0.462. The first-order valence-corrected chi connectivity index (χ1v) is 8.98. The highest BCUT2D eigenvalue weighted by molar-refractivity contribution is 7.89. The number of nitrogens with zero attached hydrogens (tertiary/aromatic N) is 3. The van der Waals surface area contributed by atoms with Crippen molar-refractivity contribution < 1.29 is 13.3 Å². The van der Waals surface area contributed by atoms with Crippen LogP contribution in [0.1, 0.15) is 6.92 Å². The molecule has 0 bridgehead atoms. The van der Waals surface area contributed by atoms with E-state index in [9.17, 15) is 18.5 Å². The number of hydrogen-bond donors (Lipinski definition) is 1. The molecule has 1 fully saturated rings. The first-order chi connectivity index (χ1) is 10.9. The van der Waals surface area contributed by atoms with E-state index in [1.165, 1.54) is 22.5 Å². The van der Waals surface area contributed by atoms with Gasteiger partial charge in [0.05, 0.1) is 9.82 Å². The highest BCUT2D eigenvalue weighted by atomic mass is 32.2. The molecule has 2 rings (SSSR count). The standard InChI is InChI=1S/C13H18N4O4S2/c1-2-14-13(22)15-6-8-16(9-7-15)23(20,21)12-5-3-4-11(10-12)17(18)19/h3-5,10H,2,6-9H2,1H3,(H,14,22). The molecule has 8 nitrogen and oxygen atoms in total. The summed E-state index contributed by atoms with van der Waals surface area (Å²) in [5.41, 5.74) is -0.238. The van der Waals surface area contributed by atoms with Crippen molar-refractivity contribution >= 4 is 33.0 Å². The van der Waals surface area contributed by atoms with Crippen molar-refractivity contribution in [1.29, 1.82) is 0 Å². The van der Waals surface area contributed by atoms with E-state index in [0.717, 1.165) is 6.07 Å². The monoisotopic (exact) mass is 358 g/mol. The van der Waals surface area contributed by atoms with E-state index in [1.807, 2.05) is 11.8 Å². The van der Waals surface area contributed by atoms with Gasteiger partial charge in [0.15, 0.2) is 5.11 Å². The van der Waals surface area contributed by atoms with Crippen LogP contribution in [0.15, 0.2) is 29.2 Å². The van der Waals surface area contributed by atoms with E-state index in [-0.39, 0.29) is 23.7 Å². The summed E-state index contributed by atoms with van der Waals surface area (Å²) >= 11 is 5.22. The summed E-state index contributed by atoms with van der Waals surface area (Å²) in [6, 6.07) is 5.11. The van der Waals surface area contributed by atoms with E-state index >= 15 is 0 Å². The maximum absolute atomic E-state index is 12.6. The molecule has 0 unspecified atom stereocenters. The SMILES string of the molecule is CCNC(=S)N1CCN(S(=O)(=O)c2cccc([N+](=O)[O-])c2)CC1. The first-order valence-electron chi connectivity index (χ1n) is 7.13. The van der Waals surface area contributed by atoms with Crippen molar-refractivity contribution in [3.8, 4) is 0 Å². The largest absolute Gasteiger partial charge is 0.363 e. The molecule has 0 aliphatic carbocycles. The lowest BCUT2D eigenvalue weighted by Crippen LogP contribution is -2.52. The molecule has 0 amide bonds.